The van der Waals surface area contributed by atoms with Crippen LogP contribution < -0.4 is 4.74 Å². The molecular formula is C12H15F3N2O3. The Balaban J connectivity index is 2.87. The zero-order valence-electron chi connectivity index (χ0n) is 11.1. The Bertz CT molecular complexity index is 476. The molecule has 0 aliphatic heterocycles. The number of carboxylic acid groups (broad SMARTS) is 1. The summed E-state index contributed by atoms with van der Waals surface area (Å²) >= 11 is 0. The lowest BCUT2D eigenvalue weighted by atomic mass is 10.2. The monoisotopic (exact) mass is 292 g/mol. The minimum atomic E-state index is -4.64. The fraction of sp³-hybridized carbons (Fsp3) is 0.500. The van der Waals surface area contributed by atoms with Gasteiger partial charge in [0.25, 0.3) is 0 Å². The number of nitrogens with zero attached hydrogens (tertiary/aromatic N) is 2. The molecule has 0 amide bonds. The van der Waals surface area contributed by atoms with E-state index in [9.17, 15) is 18.0 Å². The minimum Gasteiger partial charge on any atom is -0.477 e. The number of ether oxygens (including phenoxy) is 1. The number of aromatic carboxylic acids is 1. The molecule has 0 atom stereocenters. The van der Waals surface area contributed by atoms with Crippen molar-refractivity contribution in [2.24, 2.45) is 0 Å². The molecule has 0 spiro atoms. The van der Waals surface area contributed by atoms with E-state index in [0.29, 0.717) is 19.0 Å². The smallest absolute Gasteiger partial charge is 0.433 e. The highest BCUT2D eigenvalue weighted by Crippen LogP contribution is 2.30. The van der Waals surface area contributed by atoms with Crippen LogP contribution in [0.2, 0.25) is 0 Å². The van der Waals surface area contributed by atoms with Gasteiger partial charge in [-0.2, -0.15) is 13.2 Å². The fourth-order valence-corrected chi connectivity index (χ4v) is 1.42. The second kappa shape index (κ2) is 6.56. The third kappa shape index (κ3) is 4.69. The van der Waals surface area contributed by atoms with Crippen molar-refractivity contribution in [3.8, 4) is 5.88 Å². The third-order valence-electron chi connectivity index (χ3n) is 2.37. The fourth-order valence-electron chi connectivity index (χ4n) is 1.42. The van der Waals surface area contributed by atoms with Crippen LogP contribution in [0, 0.1) is 0 Å². The van der Waals surface area contributed by atoms with Crippen molar-refractivity contribution in [1.82, 2.24) is 9.88 Å². The summed E-state index contributed by atoms with van der Waals surface area (Å²) in [5, 5.41) is 8.89. The highest BCUT2D eigenvalue weighted by atomic mass is 19.4. The maximum Gasteiger partial charge on any atom is 0.433 e. The van der Waals surface area contributed by atoms with E-state index < -0.39 is 23.7 Å². The highest BCUT2D eigenvalue weighted by molar-refractivity contribution is 5.90. The van der Waals surface area contributed by atoms with Gasteiger partial charge in [-0.05, 0) is 32.6 Å². The second-order valence-electron chi connectivity index (χ2n) is 4.36. The average molecular weight is 292 g/mol. The molecule has 0 bridgehead atoms. The van der Waals surface area contributed by atoms with E-state index in [0.717, 1.165) is 6.07 Å². The van der Waals surface area contributed by atoms with Crippen LogP contribution >= 0.6 is 0 Å². The highest BCUT2D eigenvalue weighted by Gasteiger charge is 2.33. The van der Waals surface area contributed by atoms with Crippen molar-refractivity contribution in [1.29, 1.82) is 0 Å². The van der Waals surface area contributed by atoms with Crippen LogP contribution in [0.1, 0.15) is 22.5 Å². The molecule has 1 heterocycles. The number of aromatic nitrogens is 1. The molecule has 0 fully saturated rings. The predicted octanol–water partition coefficient (Wildman–Crippen LogP) is 2.13. The summed E-state index contributed by atoms with van der Waals surface area (Å²) in [6.07, 6.45) is -4.09. The molecule has 0 aliphatic carbocycles. The number of hydrogen-bond donors (Lipinski definition) is 1. The van der Waals surface area contributed by atoms with Gasteiger partial charge in [-0.15, -0.1) is 0 Å². The van der Waals surface area contributed by atoms with Gasteiger partial charge in [-0.3, -0.25) is 0 Å². The molecule has 0 aliphatic rings. The summed E-state index contributed by atoms with van der Waals surface area (Å²) in [5.41, 5.74) is -1.56. The van der Waals surface area contributed by atoms with Crippen LogP contribution in [-0.2, 0) is 6.18 Å². The van der Waals surface area contributed by atoms with Gasteiger partial charge in [0.1, 0.15) is 11.3 Å². The van der Waals surface area contributed by atoms with Gasteiger partial charge >= 0.3 is 12.1 Å². The lowest BCUT2D eigenvalue weighted by Crippen LogP contribution is -2.17. The molecule has 0 aromatic carbocycles. The molecular weight excluding hydrogens is 277 g/mol. The Hall–Kier alpha value is -1.83. The Morgan fingerprint density at radius 3 is 2.55 bits per heavy atom. The number of carboxylic acids is 1. The van der Waals surface area contributed by atoms with Crippen LogP contribution in [0.4, 0.5) is 13.2 Å². The lowest BCUT2D eigenvalue weighted by Gasteiger charge is -2.13. The van der Waals surface area contributed by atoms with Gasteiger partial charge < -0.3 is 14.7 Å². The number of pyridine rings is 1. The minimum absolute atomic E-state index is 0.0901. The molecule has 8 heteroatoms. The molecule has 1 aromatic heterocycles. The largest absolute Gasteiger partial charge is 0.477 e. The van der Waals surface area contributed by atoms with Crippen molar-refractivity contribution >= 4 is 5.97 Å². The Morgan fingerprint density at radius 1 is 1.40 bits per heavy atom. The number of carbonyl (C=O) groups is 1. The van der Waals surface area contributed by atoms with Gasteiger partial charge in [0, 0.05) is 6.54 Å². The van der Waals surface area contributed by atoms with E-state index in [1.165, 1.54) is 0 Å². The number of alkyl halides is 3. The summed E-state index contributed by atoms with van der Waals surface area (Å²) in [6, 6.07) is 1.47. The van der Waals surface area contributed by atoms with Gasteiger partial charge in [0.15, 0.2) is 0 Å². The second-order valence-corrected chi connectivity index (χ2v) is 4.36. The van der Waals surface area contributed by atoms with Gasteiger partial charge in [0.05, 0.1) is 6.61 Å². The summed E-state index contributed by atoms with van der Waals surface area (Å²) < 4.78 is 42.6. The first-order chi connectivity index (χ1) is 9.21. The van der Waals surface area contributed by atoms with Crippen molar-refractivity contribution in [3.63, 3.8) is 0 Å². The zero-order valence-corrected chi connectivity index (χ0v) is 11.1. The number of halogens is 3. The van der Waals surface area contributed by atoms with Crippen LogP contribution in [0.5, 0.6) is 5.88 Å². The molecule has 0 radical (unpaired) electrons. The summed E-state index contributed by atoms with van der Waals surface area (Å²) in [7, 11) is 3.68. The Morgan fingerprint density at radius 2 is 2.05 bits per heavy atom. The van der Waals surface area contributed by atoms with E-state index in [1.54, 1.807) is 0 Å². The Kier molecular flexibility index (Phi) is 5.32. The van der Waals surface area contributed by atoms with E-state index in [1.807, 2.05) is 19.0 Å². The van der Waals surface area contributed by atoms with Gasteiger partial charge in [-0.25, -0.2) is 9.78 Å². The van der Waals surface area contributed by atoms with Crippen molar-refractivity contribution < 1.29 is 27.8 Å². The maximum atomic E-state index is 12.5. The van der Waals surface area contributed by atoms with Crippen molar-refractivity contribution in [2.45, 2.75) is 12.6 Å². The lowest BCUT2D eigenvalue weighted by molar-refractivity contribution is -0.141. The van der Waals surface area contributed by atoms with Crippen LogP contribution in [0.15, 0.2) is 12.1 Å². The first kappa shape index (κ1) is 16.2. The van der Waals surface area contributed by atoms with E-state index in [4.69, 9.17) is 9.84 Å². The molecule has 5 nitrogen and oxygen atoms in total. The molecule has 0 unspecified atom stereocenters. The quantitative estimate of drug-likeness (QED) is 0.814. The molecule has 112 valence electrons. The topological polar surface area (TPSA) is 62.7 Å². The normalized spacial score (nSPS) is 11.7. The first-order valence-electron chi connectivity index (χ1n) is 5.81. The van der Waals surface area contributed by atoms with Crippen molar-refractivity contribution in [3.05, 3.63) is 23.4 Å². The Labute approximate surface area is 114 Å². The third-order valence-corrected chi connectivity index (χ3v) is 2.37. The summed E-state index contributed by atoms with van der Waals surface area (Å²) in [5.74, 6) is -1.89. The summed E-state index contributed by atoms with van der Waals surface area (Å²) in [6.45, 7) is 0.758. The zero-order chi connectivity index (χ0) is 15.3. The van der Waals surface area contributed by atoms with E-state index in [-0.39, 0.29) is 12.2 Å². The molecule has 1 rings (SSSR count). The van der Waals surface area contributed by atoms with Crippen LogP contribution in [0.25, 0.3) is 0 Å². The first-order valence-corrected chi connectivity index (χ1v) is 5.81. The standard InChI is InChI=1S/C12H15F3N2O3/c1-17(2)6-3-7-20-10-8(11(18)19)4-5-9(16-10)12(13,14)15/h4-5H,3,6-7H2,1-2H3,(H,18,19). The van der Waals surface area contributed by atoms with Gasteiger partial charge in [0.2, 0.25) is 5.88 Å². The van der Waals surface area contributed by atoms with E-state index in [2.05, 4.69) is 4.98 Å². The molecule has 1 N–H and O–H groups in total. The van der Waals surface area contributed by atoms with Gasteiger partial charge in [-0.1, -0.05) is 0 Å². The number of hydrogen-bond acceptors (Lipinski definition) is 4. The molecule has 0 saturated carbocycles. The molecule has 20 heavy (non-hydrogen) atoms. The SMILES string of the molecule is CN(C)CCCOc1nc(C(F)(F)F)ccc1C(=O)O. The molecule has 0 saturated heterocycles. The predicted molar refractivity (Wildman–Crippen MR) is 64.9 cm³/mol. The number of rotatable bonds is 6. The van der Waals surface area contributed by atoms with Crippen molar-refractivity contribution in [2.75, 3.05) is 27.2 Å². The summed E-state index contributed by atoms with van der Waals surface area (Å²) in [4.78, 5) is 16.0. The molecule has 1 aromatic rings. The van der Waals surface area contributed by atoms with Crippen LogP contribution in [-0.4, -0.2) is 48.2 Å². The maximum absolute atomic E-state index is 12.5. The van der Waals surface area contributed by atoms with Crippen LogP contribution in [0.3, 0.4) is 0 Å². The van der Waals surface area contributed by atoms with E-state index >= 15 is 0 Å². The average Bonchev–Trinajstić information content (AvgIpc) is 2.32.